The summed E-state index contributed by atoms with van der Waals surface area (Å²) >= 11 is 0. The molecule has 3 heteroatoms. The van der Waals surface area contributed by atoms with Crippen molar-refractivity contribution in [2.45, 2.75) is 12.8 Å². The standard InChI is InChI=1S/C17H20N2O/c1-18-9-4-10-19(13-18)17(20)12-14-7-8-15-5-2-3-6-16(15)11-14/h2-3,5-8,11H,4,9-10,12-13H2,1H3. The Morgan fingerprint density at radius 3 is 2.70 bits per heavy atom. The molecule has 0 unspecified atom stereocenters. The number of carbonyl (C=O) groups is 1. The Kier molecular flexibility index (Phi) is 3.70. The zero-order valence-electron chi connectivity index (χ0n) is 11.9. The van der Waals surface area contributed by atoms with E-state index in [1.54, 1.807) is 0 Å². The quantitative estimate of drug-likeness (QED) is 0.835. The smallest absolute Gasteiger partial charge is 0.228 e. The first-order valence-corrected chi connectivity index (χ1v) is 7.16. The van der Waals surface area contributed by atoms with Gasteiger partial charge >= 0.3 is 0 Å². The minimum absolute atomic E-state index is 0.229. The van der Waals surface area contributed by atoms with Crippen LogP contribution in [0.15, 0.2) is 42.5 Å². The molecule has 0 aliphatic carbocycles. The van der Waals surface area contributed by atoms with Crippen LogP contribution < -0.4 is 0 Å². The summed E-state index contributed by atoms with van der Waals surface area (Å²) in [5.74, 6) is 0.229. The molecule has 3 rings (SSSR count). The second-order valence-electron chi connectivity index (χ2n) is 5.59. The number of fused-ring (bicyclic) bond motifs is 1. The molecule has 1 fully saturated rings. The molecule has 0 atom stereocenters. The summed E-state index contributed by atoms with van der Waals surface area (Å²) in [5, 5.41) is 2.43. The van der Waals surface area contributed by atoms with Gasteiger partial charge in [-0.05, 0) is 29.8 Å². The van der Waals surface area contributed by atoms with E-state index in [4.69, 9.17) is 0 Å². The minimum Gasteiger partial charge on any atom is -0.329 e. The lowest BCUT2D eigenvalue weighted by Crippen LogP contribution is -2.46. The summed E-state index contributed by atoms with van der Waals surface area (Å²) in [5.41, 5.74) is 1.10. The summed E-state index contributed by atoms with van der Waals surface area (Å²) in [6.45, 7) is 2.73. The normalized spacial score (nSPS) is 16.6. The summed E-state index contributed by atoms with van der Waals surface area (Å²) in [6.07, 6.45) is 1.57. The van der Waals surface area contributed by atoms with Gasteiger partial charge in [0.25, 0.3) is 0 Å². The minimum atomic E-state index is 0.229. The number of rotatable bonds is 2. The van der Waals surface area contributed by atoms with E-state index in [1.165, 1.54) is 10.8 Å². The van der Waals surface area contributed by atoms with Gasteiger partial charge < -0.3 is 4.90 Å². The summed E-state index contributed by atoms with van der Waals surface area (Å²) in [7, 11) is 2.06. The van der Waals surface area contributed by atoms with Gasteiger partial charge in [0.15, 0.2) is 0 Å². The van der Waals surface area contributed by atoms with Gasteiger partial charge in [-0.15, -0.1) is 0 Å². The SMILES string of the molecule is CN1CCCN(C(=O)Cc2ccc3ccccc3c2)C1. The topological polar surface area (TPSA) is 23.6 Å². The fourth-order valence-electron chi connectivity index (χ4n) is 2.80. The summed E-state index contributed by atoms with van der Waals surface area (Å²) < 4.78 is 0. The molecule has 3 nitrogen and oxygen atoms in total. The summed E-state index contributed by atoms with van der Waals surface area (Å²) in [4.78, 5) is 16.5. The lowest BCUT2D eigenvalue weighted by atomic mass is 10.0. The van der Waals surface area contributed by atoms with Crippen LogP contribution in [-0.2, 0) is 11.2 Å². The number of amides is 1. The third-order valence-electron chi connectivity index (χ3n) is 3.90. The van der Waals surface area contributed by atoms with Gasteiger partial charge in [0, 0.05) is 13.1 Å². The van der Waals surface area contributed by atoms with Crippen LogP contribution >= 0.6 is 0 Å². The average Bonchev–Trinajstić information content (AvgIpc) is 2.47. The molecular weight excluding hydrogens is 248 g/mol. The fraction of sp³-hybridized carbons (Fsp3) is 0.353. The zero-order valence-corrected chi connectivity index (χ0v) is 11.9. The van der Waals surface area contributed by atoms with Crippen LogP contribution in [0.4, 0.5) is 0 Å². The molecule has 0 aromatic heterocycles. The van der Waals surface area contributed by atoms with Crippen LogP contribution in [0.1, 0.15) is 12.0 Å². The first-order valence-electron chi connectivity index (χ1n) is 7.16. The molecule has 104 valence electrons. The van der Waals surface area contributed by atoms with E-state index < -0.39 is 0 Å². The Hall–Kier alpha value is -1.87. The van der Waals surface area contributed by atoms with E-state index in [9.17, 15) is 4.79 Å². The second kappa shape index (κ2) is 5.63. The van der Waals surface area contributed by atoms with E-state index in [0.29, 0.717) is 6.42 Å². The zero-order chi connectivity index (χ0) is 13.9. The lowest BCUT2D eigenvalue weighted by Gasteiger charge is -2.33. The molecule has 1 aliphatic heterocycles. The highest BCUT2D eigenvalue weighted by atomic mass is 16.2. The van der Waals surface area contributed by atoms with Crippen LogP contribution in [0, 0.1) is 0 Å². The number of hydrogen-bond donors (Lipinski definition) is 0. The van der Waals surface area contributed by atoms with Crippen molar-refractivity contribution in [3.8, 4) is 0 Å². The lowest BCUT2D eigenvalue weighted by molar-refractivity contribution is -0.134. The number of nitrogens with zero attached hydrogens (tertiary/aromatic N) is 2. The maximum absolute atomic E-state index is 12.3. The largest absolute Gasteiger partial charge is 0.329 e. The van der Waals surface area contributed by atoms with E-state index in [0.717, 1.165) is 31.7 Å². The molecule has 2 aromatic carbocycles. The molecule has 0 saturated carbocycles. The Bertz CT molecular complexity index is 623. The van der Waals surface area contributed by atoms with Gasteiger partial charge in [0.05, 0.1) is 13.1 Å². The summed E-state index contributed by atoms with van der Waals surface area (Å²) in [6, 6.07) is 14.6. The predicted molar refractivity (Wildman–Crippen MR) is 81.5 cm³/mol. The Labute approximate surface area is 119 Å². The van der Waals surface area contributed by atoms with Crippen molar-refractivity contribution < 1.29 is 4.79 Å². The van der Waals surface area contributed by atoms with E-state index in [-0.39, 0.29) is 5.91 Å². The van der Waals surface area contributed by atoms with Crippen LogP contribution in [0.3, 0.4) is 0 Å². The first kappa shape index (κ1) is 13.1. The molecule has 0 bridgehead atoms. The molecule has 1 amide bonds. The maximum Gasteiger partial charge on any atom is 0.228 e. The molecule has 1 aliphatic rings. The third-order valence-corrected chi connectivity index (χ3v) is 3.90. The van der Waals surface area contributed by atoms with Crippen molar-refractivity contribution in [2.24, 2.45) is 0 Å². The van der Waals surface area contributed by atoms with Crippen LogP contribution in [0.2, 0.25) is 0 Å². The van der Waals surface area contributed by atoms with E-state index >= 15 is 0 Å². The molecule has 20 heavy (non-hydrogen) atoms. The third kappa shape index (κ3) is 2.83. The van der Waals surface area contributed by atoms with E-state index in [1.807, 2.05) is 17.0 Å². The van der Waals surface area contributed by atoms with Crippen molar-refractivity contribution >= 4 is 16.7 Å². The van der Waals surface area contributed by atoms with Gasteiger partial charge in [0.2, 0.25) is 5.91 Å². The fourth-order valence-corrected chi connectivity index (χ4v) is 2.80. The van der Waals surface area contributed by atoms with Crippen LogP contribution in [-0.4, -0.2) is 42.5 Å². The molecule has 0 N–H and O–H groups in total. The van der Waals surface area contributed by atoms with Crippen LogP contribution in [0.5, 0.6) is 0 Å². The van der Waals surface area contributed by atoms with Crippen molar-refractivity contribution in [3.63, 3.8) is 0 Å². The Morgan fingerprint density at radius 1 is 1.10 bits per heavy atom. The maximum atomic E-state index is 12.3. The molecule has 1 saturated heterocycles. The number of hydrogen-bond acceptors (Lipinski definition) is 2. The molecule has 0 radical (unpaired) electrons. The van der Waals surface area contributed by atoms with Crippen LogP contribution in [0.25, 0.3) is 10.8 Å². The molecular formula is C17H20N2O. The number of carbonyl (C=O) groups excluding carboxylic acids is 1. The molecule has 1 heterocycles. The van der Waals surface area contributed by atoms with Crippen molar-refractivity contribution in [1.29, 1.82) is 0 Å². The van der Waals surface area contributed by atoms with Crippen molar-refractivity contribution in [1.82, 2.24) is 9.80 Å². The molecule has 2 aromatic rings. The highest BCUT2D eigenvalue weighted by Crippen LogP contribution is 2.17. The van der Waals surface area contributed by atoms with Gasteiger partial charge in [-0.25, -0.2) is 0 Å². The Balaban J connectivity index is 1.73. The van der Waals surface area contributed by atoms with Crippen molar-refractivity contribution in [3.05, 3.63) is 48.0 Å². The second-order valence-corrected chi connectivity index (χ2v) is 5.59. The average molecular weight is 268 g/mol. The molecule has 0 spiro atoms. The van der Waals surface area contributed by atoms with E-state index in [2.05, 4.69) is 42.3 Å². The van der Waals surface area contributed by atoms with Gasteiger partial charge in [-0.3, -0.25) is 9.69 Å². The predicted octanol–water partition coefficient (Wildman–Crippen LogP) is 2.50. The highest BCUT2D eigenvalue weighted by molar-refractivity contribution is 5.85. The highest BCUT2D eigenvalue weighted by Gasteiger charge is 2.19. The number of benzene rings is 2. The van der Waals surface area contributed by atoms with Crippen molar-refractivity contribution in [2.75, 3.05) is 26.8 Å². The van der Waals surface area contributed by atoms with Gasteiger partial charge in [-0.2, -0.15) is 0 Å². The Morgan fingerprint density at radius 2 is 1.90 bits per heavy atom. The first-order chi connectivity index (χ1) is 9.72. The van der Waals surface area contributed by atoms with Gasteiger partial charge in [0.1, 0.15) is 0 Å². The monoisotopic (exact) mass is 268 g/mol. The van der Waals surface area contributed by atoms with Gasteiger partial charge in [-0.1, -0.05) is 42.5 Å².